The minimum Gasteiger partial charge on any atom is -0.433 e. The van der Waals surface area contributed by atoms with Gasteiger partial charge >= 0.3 is 5.97 Å². The van der Waals surface area contributed by atoms with Gasteiger partial charge in [0.25, 0.3) is 0 Å². The maximum absolute atomic E-state index is 11.9. The Bertz CT molecular complexity index is 638. The zero-order valence-corrected chi connectivity index (χ0v) is 12.0. The number of rotatable bonds is 2. The molecule has 4 heteroatoms. The van der Waals surface area contributed by atoms with Crippen molar-refractivity contribution in [3.63, 3.8) is 0 Å². The van der Waals surface area contributed by atoms with Crippen molar-refractivity contribution in [1.29, 1.82) is 0 Å². The minimum absolute atomic E-state index is 0.204. The van der Waals surface area contributed by atoms with E-state index < -0.39 is 12.4 Å². The van der Waals surface area contributed by atoms with E-state index in [2.05, 4.69) is 4.98 Å². The summed E-state index contributed by atoms with van der Waals surface area (Å²) >= 11 is 0. The van der Waals surface area contributed by atoms with Crippen LogP contribution in [0.25, 0.3) is 10.9 Å². The average molecular weight is 273 g/mol. The van der Waals surface area contributed by atoms with Gasteiger partial charge < -0.3 is 14.5 Å². The molecule has 20 heavy (non-hydrogen) atoms. The first-order valence-electron chi connectivity index (χ1n) is 6.86. The van der Waals surface area contributed by atoms with Crippen molar-refractivity contribution in [2.45, 2.75) is 39.6 Å². The van der Waals surface area contributed by atoms with Crippen molar-refractivity contribution in [1.82, 2.24) is 4.98 Å². The Labute approximate surface area is 118 Å². The molecule has 1 N–H and O–H groups in total. The summed E-state index contributed by atoms with van der Waals surface area (Å²) in [5.41, 5.74) is 1.95. The molecule has 4 nitrogen and oxygen atoms in total. The van der Waals surface area contributed by atoms with Crippen molar-refractivity contribution in [3.05, 3.63) is 36.0 Å². The maximum atomic E-state index is 11.9. The van der Waals surface area contributed by atoms with Gasteiger partial charge in [0.15, 0.2) is 6.10 Å². The molecule has 1 saturated heterocycles. The lowest BCUT2D eigenvalue weighted by Crippen LogP contribution is -2.28. The minimum atomic E-state index is -0.515. The van der Waals surface area contributed by atoms with Crippen molar-refractivity contribution < 1.29 is 14.3 Å². The van der Waals surface area contributed by atoms with Crippen LogP contribution in [0, 0.1) is 5.41 Å². The summed E-state index contributed by atoms with van der Waals surface area (Å²) in [5, 5.41) is 1.13. The third-order valence-corrected chi connectivity index (χ3v) is 3.56. The van der Waals surface area contributed by atoms with Gasteiger partial charge in [0.2, 0.25) is 6.29 Å². The second kappa shape index (κ2) is 4.63. The average Bonchev–Trinajstić information content (AvgIpc) is 2.95. The SMILES string of the molecule is CC(C)(C)[C@@H]1OC(=O)[C@H](Cc2c[nH]c3ccccc23)O1. The first-order valence-corrected chi connectivity index (χ1v) is 6.86. The molecule has 2 atom stereocenters. The van der Waals surface area contributed by atoms with E-state index in [9.17, 15) is 4.79 Å². The molecule has 1 aliphatic rings. The molecule has 3 rings (SSSR count). The zero-order valence-electron chi connectivity index (χ0n) is 12.0. The van der Waals surface area contributed by atoms with Crippen LogP contribution in [0.5, 0.6) is 0 Å². The fraction of sp³-hybridized carbons (Fsp3) is 0.438. The number of nitrogens with one attached hydrogen (secondary N) is 1. The first kappa shape index (κ1) is 13.2. The number of aromatic amines is 1. The van der Waals surface area contributed by atoms with Crippen molar-refractivity contribution >= 4 is 16.9 Å². The zero-order chi connectivity index (χ0) is 14.3. The van der Waals surface area contributed by atoms with Crippen LogP contribution in [0.15, 0.2) is 30.5 Å². The molecular formula is C16H19NO3. The Morgan fingerprint density at radius 2 is 2.00 bits per heavy atom. The number of para-hydroxylation sites is 1. The molecule has 2 heterocycles. The Morgan fingerprint density at radius 3 is 2.70 bits per heavy atom. The standard InChI is InChI=1S/C16H19NO3/c1-16(2,3)15-19-13(14(18)20-15)8-10-9-17-12-7-5-4-6-11(10)12/h4-7,9,13,15,17H,8H2,1-3H3/t13-,15-/m0/s1. The number of esters is 1. The lowest BCUT2D eigenvalue weighted by atomic mass is 9.96. The van der Waals surface area contributed by atoms with E-state index in [-0.39, 0.29) is 11.4 Å². The van der Waals surface area contributed by atoms with Crippen LogP contribution in [0.1, 0.15) is 26.3 Å². The summed E-state index contributed by atoms with van der Waals surface area (Å²) in [7, 11) is 0. The molecule has 0 spiro atoms. The third-order valence-electron chi connectivity index (χ3n) is 3.56. The van der Waals surface area contributed by atoms with Crippen molar-refractivity contribution in [3.8, 4) is 0 Å². The van der Waals surface area contributed by atoms with Gasteiger partial charge in [-0.3, -0.25) is 0 Å². The Hall–Kier alpha value is -1.81. The third kappa shape index (κ3) is 2.31. The van der Waals surface area contributed by atoms with Gasteiger partial charge in [-0.05, 0) is 11.6 Å². The summed E-state index contributed by atoms with van der Waals surface area (Å²) < 4.78 is 11.1. The monoisotopic (exact) mass is 273 g/mol. The number of hydrogen-bond donors (Lipinski definition) is 1. The highest BCUT2D eigenvalue weighted by Crippen LogP contribution is 2.31. The van der Waals surface area contributed by atoms with Crippen LogP contribution < -0.4 is 0 Å². The van der Waals surface area contributed by atoms with Crippen LogP contribution in [0.2, 0.25) is 0 Å². The van der Waals surface area contributed by atoms with Gasteiger partial charge in [-0.1, -0.05) is 39.0 Å². The molecule has 0 bridgehead atoms. The van der Waals surface area contributed by atoms with E-state index in [0.29, 0.717) is 6.42 Å². The van der Waals surface area contributed by atoms with Crippen LogP contribution in [0.3, 0.4) is 0 Å². The smallest absolute Gasteiger partial charge is 0.338 e. The predicted octanol–water partition coefficient (Wildman–Crippen LogP) is 3.02. The number of carbonyl (C=O) groups is 1. The highest BCUT2D eigenvalue weighted by Gasteiger charge is 2.41. The van der Waals surface area contributed by atoms with E-state index in [0.717, 1.165) is 16.5 Å². The van der Waals surface area contributed by atoms with Gasteiger partial charge in [0.05, 0.1) is 0 Å². The number of fused-ring (bicyclic) bond motifs is 1. The fourth-order valence-electron chi connectivity index (χ4n) is 2.43. The molecule has 2 aromatic rings. The van der Waals surface area contributed by atoms with E-state index in [4.69, 9.17) is 9.47 Å². The summed E-state index contributed by atoms with van der Waals surface area (Å²) in [6.45, 7) is 6.00. The molecular weight excluding hydrogens is 254 g/mol. The van der Waals surface area contributed by atoms with Gasteiger partial charge in [-0.2, -0.15) is 0 Å². The largest absolute Gasteiger partial charge is 0.433 e. The van der Waals surface area contributed by atoms with Crippen LogP contribution in [-0.2, 0) is 20.7 Å². The normalized spacial score (nSPS) is 23.2. The quantitative estimate of drug-likeness (QED) is 0.856. The maximum Gasteiger partial charge on any atom is 0.338 e. The van der Waals surface area contributed by atoms with E-state index >= 15 is 0 Å². The van der Waals surface area contributed by atoms with Gasteiger partial charge in [-0.25, -0.2) is 4.79 Å². The molecule has 0 aliphatic carbocycles. The molecule has 1 fully saturated rings. The first-order chi connectivity index (χ1) is 9.45. The Balaban J connectivity index is 1.80. The number of aromatic nitrogens is 1. The molecule has 1 aromatic carbocycles. The lowest BCUT2D eigenvalue weighted by molar-refractivity contribution is -0.154. The van der Waals surface area contributed by atoms with Crippen LogP contribution in [0.4, 0.5) is 0 Å². The van der Waals surface area contributed by atoms with Gasteiger partial charge in [-0.15, -0.1) is 0 Å². The topological polar surface area (TPSA) is 51.3 Å². The number of ether oxygens (including phenoxy) is 2. The van der Waals surface area contributed by atoms with E-state index in [1.807, 2.05) is 51.2 Å². The number of benzene rings is 1. The fourth-order valence-corrected chi connectivity index (χ4v) is 2.43. The number of carbonyl (C=O) groups excluding carboxylic acids is 1. The molecule has 0 saturated carbocycles. The van der Waals surface area contributed by atoms with Crippen molar-refractivity contribution in [2.24, 2.45) is 5.41 Å². The summed E-state index contributed by atoms with van der Waals surface area (Å²) in [5.74, 6) is -0.268. The summed E-state index contributed by atoms with van der Waals surface area (Å²) in [6, 6.07) is 8.04. The number of cyclic esters (lactones) is 1. The number of hydrogen-bond acceptors (Lipinski definition) is 3. The summed E-state index contributed by atoms with van der Waals surface area (Å²) in [6.07, 6.45) is 1.49. The molecule has 0 amide bonds. The predicted molar refractivity (Wildman–Crippen MR) is 76.2 cm³/mol. The molecule has 1 aromatic heterocycles. The lowest BCUT2D eigenvalue weighted by Gasteiger charge is -2.24. The molecule has 1 aliphatic heterocycles. The summed E-state index contributed by atoms with van der Waals surface area (Å²) in [4.78, 5) is 15.1. The van der Waals surface area contributed by atoms with Crippen LogP contribution in [-0.4, -0.2) is 23.3 Å². The molecule has 0 radical (unpaired) electrons. The second-order valence-corrected chi connectivity index (χ2v) is 6.32. The molecule has 106 valence electrons. The highest BCUT2D eigenvalue weighted by atomic mass is 16.8. The van der Waals surface area contributed by atoms with E-state index in [1.54, 1.807) is 0 Å². The molecule has 0 unspecified atom stereocenters. The van der Waals surface area contributed by atoms with Gasteiger partial charge in [0.1, 0.15) is 0 Å². The van der Waals surface area contributed by atoms with E-state index in [1.165, 1.54) is 0 Å². The van der Waals surface area contributed by atoms with Crippen LogP contribution >= 0.6 is 0 Å². The Kier molecular flexibility index (Phi) is 3.05. The number of H-pyrrole nitrogens is 1. The second-order valence-electron chi connectivity index (χ2n) is 6.32. The highest BCUT2D eigenvalue weighted by molar-refractivity contribution is 5.84. The van der Waals surface area contributed by atoms with Crippen molar-refractivity contribution in [2.75, 3.05) is 0 Å². The van der Waals surface area contributed by atoms with Gasteiger partial charge in [0, 0.05) is 28.9 Å². The Morgan fingerprint density at radius 1 is 1.25 bits per heavy atom.